The van der Waals surface area contributed by atoms with Crippen LogP contribution in [0.2, 0.25) is 0 Å². The van der Waals surface area contributed by atoms with Crippen LogP contribution in [0.4, 0.5) is 0 Å². The zero-order valence-electron chi connectivity index (χ0n) is 11.0. The van der Waals surface area contributed by atoms with E-state index in [1.165, 1.54) is 6.20 Å². The Kier molecular flexibility index (Phi) is 5.78. The quantitative estimate of drug-likeness (QED) is 0.770. The lowest BCUT2D eigenvalue weighted by Gasteiger charge is -2.16. The Bertz CT molecular complexity index is 420. The number of ether oxygens (including phenoxy) is 1. The van der Waals surface area contributed by atoms with E-state index in [2.05, 4.69) is 10.3 Å². The number of carbonyl (C=O) groups is 2. The summed E-state index contributed by atoms with van der Waals surface area (Å²) < 4.78 is 5.19. The third kappa shape index (κ3) is 5.85. The number of carboxylic acids is 1. The number of hydrogen-bond acceptors (Lipinski definition) is 4. The molecule has 0 radical (unpaired) electrons. The molecule has 0 fully saturated rings. The van der Waals surface area contributed by atoms with Gasteiger partial charge in [0.15, 0.2) is 6.61 Å². The maximum atomic E-state index is 11.6. The van der Waals surface area contributed by atoms with Crippen molar-refractivity contribution in [1.82, 2.24) is 10.3 Å². The van der Waals surface area contributed by atoms with Gasteiger partial charge in [0.1, 0.15) is 11.8 Å². The molecule has 0 aliphatic carbocycles. The topological polar surface area (TPSA) is 88.5 Å². The SMILES string of the molecule is CC(C)CC(NC(=O)COc1cccnc1)C(=O)O. The number of carboxylic acid groups (broad SMARTS) is 1. The highest BCUT2D eigenvalue weighted by atomic mass is 16.5. The number of carbonyl (C=O) groups excluding carboxylic acids is 1. The normalized spacial score (nSPS) is 11.9. The van der Waals surface area contributed by atoms with Crippen LogP contribution in [-0.2, 0) is 9.59 Å². The lowest BCUT2D eigenvalue weighted by atomic mass is 10.0. The van der Waals surface area contributed by atoms with Gasteiger partial charge in [-0.25, -0.2) is 4.79 Å². The van der Waals surface area contributed by atoms with Gasteiger partial charge >= 0.3 is 5.97 Å². The summed E-state index contributed by atoms with van der Waals surface area (Å²) in [6.45, 7) is 3.57. The first-order valence-corrected chi connectivity index (χ1v) is 6.04. The molecular formula is C13H18N2O4. The summed E-state index contributed by atoms with van der Waals surface area (Å²) in [5.41, 5.74) is 0. The first-order valence-electron chi connectivity index (χ1n) is 6.04. The Balaban J connectivity index is 2.42. The monoisotopic (exact) mass is 266 g/mol. The molecular weight excluding hydrogens is 248 g/mol. The second kappa shape index (κ2) is 7.35. The highest BCUT2D eigenvalue weighted by Crippen LogP contribution is 2.07. The zero-order valence-corrected chi connectivity index (χ0v) is 11.0. The van der Waals surface area contributed by atoms with Gasteiger partial charge in [-0.3, -0.25) is 9.78 Å². The number of amides is 1. The molecule has 0 spiro atoms. The summed E-state index contributed by atoms with van der Waals surface area (Å²) in [5, 5.41) is 11.4. The molecule has 0 aliphatic heterocycles. The van der Waals surface area contributed by atoms with Crippen LogP contribution < -0.4 is 10.1 Å². The molecule has 104 valence electrons. The molecule has 6 heteroatoms. The molecule has 1 rings (SSSR count). The third-order valence-corrected chi connectivity index (χ3v) is 2.34. The first kappa shape index (κ1) is 14.9. The maximum Gasteiger partial charge on any atom is 0.326 e. The summed E-state index contributed by atoms with van der Waals surface area (Å²) in [4.78, 5) is 26.4. The van der Waals surface area contributed by atoms with Gasteiger partial charge in [-0.2, -0.15) is 0 Å². The molecule has 1 heterocycles. The van der Waals surface area contributed by atoms with Crippen molar-refractivity contribution in [3.05, 3.63) is 24.5 Å². The highest BCUT2D eigenvalue weighted by Gasteiger charge is 2.21. The van der Waals surface area contributed by atoms with E-state index in [9.17, 15) is 9.59 Å². The second-order valence-electron chi connectivity index (χ2n) is 4.57. The fraction of sp³-hybridized carbons (Fsp3) is 0.462. The predicted molar refractivity (Wildman–Crippen MR) is 68.8 cm³/mol. The molecule has 1 aromatic heterocycles. The molecule has 0 saturated heterocycles. The number of nitrogens with zero attached hydrogens (tertiary/aromatic N) is 1. The first-order chi connectivity index (χ1) is 8.99. The van der Waals surface area contributed by atoms with Gasteiger partial charge in [-0.15, -0.1) is 0 Å². The van der Waals surface area contributed by atoms with Crippen LogP contribution in [0.15, 0.2) is 24.5 Å². The summed E-state index contributed by atoms with van der Waals surface area (Å²) >= 11 is 0. The number of nitrogens with one attached hydrogen (secondary N) is 1. The molecule has 0 aliphatic rings. The Morgan fingerprint density at radius 1 is 1.47 bits per heavy atom. The molecule has 1 atom stereocenters. The van der Waals surface area contributed by atoms with Gasteiger partial charge in [-0.1, -0.05) is 13.8 Å². The average molecular weight is 266 g/mol. The van der Waals surface area contributed by atoms with Gasteiger partial charge in [0.05, 0.1) is 6.20 Å². The van der Waals surface area contributed by atoms with E-state index >= 15 is 0 Å². The van der Waals surface area contributed by atoms with E-state index < -0.39 is 17.9 Å². The summed E-state index contributed by atoms with van der Waals surface area (Å²) in [7, 11) is 0. The van der Waals surface area contributed by atoms with E-state index in [-0.39, 0.29) is 12.5 Å². The lowest BCUT2D eigenvalue weighted by Crippen LogP contribution is -2.43. The van der Waals surface area contributed by atoms with E-state index in [0.29, 0.717) is 12.2 Å². The standard InChI is InChI=1S/C13H18N2O4/c1-9(2)6-11(13(17)18)15-12(16)8-19-10-4-3-5-14-7-10/h3-5,7,9,11H,6,8H2,1-2H3,(H,15,16)(H,17,18). The number of rotatable bonds is 7. The Labute approximate surface area is 111 Å². The van der Waals surface area contributed by atoms with Crippen molar-refractivity contribution < 1.29 is 19.4 Å². The van der Waals surface area contributed by atoms with Crippen LogP contribution in [0.25, 0.3) is 0 Å². The second-order valence-corrected chi connectivity index (χ2v) is 4.57. The zero-order chi connectivity index (χ0) is 14.3. The summed E-state index contributed by atoms with van der Waals surface area (Å²) in [6, 6.07) is 2.47. The minimum Gasteiger partial charge on any atom is -0.482 e. The largest absolute Gasteiger partial charge is 0.482 e. The Hall–Kier alpha value is -2.11. The van der Waals surface area contributed by atoms with Crippen molar-refractivity contribution in [1.29, 1.82) is 0 Å². The fourth-order valence-electron chi connectivity index (χ4n) is 1.51. The molecule has 0 bridgehead atoms. The number of aliphatic carboxylic acids is 1. The maximum absolute atomic E-state index is 11.6. The average Bonchev–Trinajstić information content (AvgIpc) is 2.36. The van der Waals surface area contributed by atoms with Gasteiger partial charge in [0.25, 0.3) is 5.91 Å². The molecule has 1 unspecified atom stereocenters. The van der Waals surface area contributed by atoms with Gasteiger partial charge in [0.2, 0.25) is 0 Å². The van der Waals surface area contributed by atoms with Crippen molar-refractivity contribution in [3.8, 4) is 5.75 Å². The van der Waals surface area contributed by atoms with Crippen LogP contribution in [-0.4, -0.2) is 34.6 Å². The molecule has 0 saturated carbocycles. The highest BCUT2D eigenvalue weighted by molar-refractivity contribution is 5.84. The van der Waals surface area contributed by atoms with Crippen molar-refractivity contribution in [2.45, 2.75) is 26.3 Å². The minimum atomic E-state index is -1.04. The van der Waals surface area contributed by atoms with Crippen molar-refractivity contribution >= 4 is 11.9 Å². The minimum absolute atomic E-state index is 0.181. The third-order valence-electron chi connectivity index (χ3n) is 2.34. The van der Waals surface area contributed by atoms with Crippen molar-refractivity contribution in [2.24, 2.45) is 5.92 Å². The molecule has 0 aromatic carbocycles. The van der Waals surface area contributed by atoms with Crippen LogP contribution in [0, 0.1) is 5.92 Å². The lowest BCUT2D eigenvalue weighted by molar-refractivity contribution is -0.142. The number of hydrogen-bond donors (Lipinski definition) is 2. The van der Waals surface area contributed by atoms with Gasteiger partial charge in [0, 0.05) is 6.20 Å². The fourth-order valence-corrected chi connectivity index (χ4v) is 1.51. The molecule has 1 aromatic rings. The molecule has 1 amide bonds. The Morgan fingerprint density at radius 2 is 2.21 bits per heavy atom. The van der Waals surface area contributed by atoms with Crippen LogP contribution in [0.3, 0.4) is 0 Å². The van der Waals surface area contributed by atoms with Gasteiger partial charge < -0.3 is 15.2 Å². The van der Waals surface area contributed by atoms with E-state index in [1.807, 2.05) is 13.8 Å². The molecule has 2 N–H and O–H groups in total. The summed E-state index contributed by atoms with van der Waals surface area (Å²) in [5.74, 6) is -0.852. The number of aromatic nitrogens is 1. The van der Waals surface area contributed by atoms with Gasteiger partial charge in [-0.05, 0) is 24.5 Å². The predicted octanol–water partition coefficient (Wildman–Crippen LogP) is 1.08. The molecule has 19 heavy (non-hydrogen) atoms. The van der Waals surface area contributed by atoms with Crippen molar-refractivity contribution in [2.75, 3.05) is 6.61 Å². The smallest absolute Gasteiger partial charge is 0.326 e. The van der Waals surface area contributed by atoms with Crippen LogP contribution in [0.5, 0.6) is 5.75 Å². The van der Waals surface area contributed by atoms with E-state index in [0.717, 1.165) is 0 Å². The number of pyridine rings is 1. The van der Waals surface area contributed by atoms with E-state index in [1.54, 1.807) is 18.3 Å². The summed E-state index contributed by atoms with van der Waals surface area (Å²) in [6.07, 6.45) is 3.46. The molecule has 6 nitrogen and oxygen atoms in total. The van der Waals surface area contributed by atoms with E-state index in [4.69, 9.17) is 9.84 Å². The Morgan fingerprint density at radius 3 is 2.74 bits per heavy atom. The van der Waals surface area contributed by atoms with Crippen LogP contribution >= 0.6 is 0 Å². The van der Waals surface area contributed by atoms with Crippen molar-refractivity contribution in [3.63, 3.8) is 0 Å². The van der Waals surface area contributed by atoms with Crippen LogP contribution in [0.1, 0.15) is 20.3 Å².